The van der Waals surface area contributed by atoms with Gasteiger partial charge in [0.05, 0.1) is 24.0 Å². The molecule has 0 atom stereocenters. The molecule has 0 aliphatic rings. The lowest BCUT2D eigenvalue weighted by molar-refractivity contribution is 0.0273. The topological polar surface area (TPSA) is 75.5 Å². The SMILES string of the molecule is CC(C)(O)CN(Cc1ccccc1)Cc1nc(-c2ccoc2)no1. The van der Waals surface area contributed by atoms with Gasteiger partial charge in [-0.1, -0.05) is 35.5 Å². The zero-order chi connectivity index (χ0) is 17.0. The van der Waals surface area contributed by atoms with Crippen molar-refractivity contribution in [1.82, 2.24) is 15.0 Å². The molecule has 3 rings (SSSR count). The molecule has 126 valence electrons. The van der Waals surface area contributed by atoms with Crippen LogP contribution in [0.25, 0.3) is 11.4 Å². The molecule has 6 heteroatoms. The maximum atomic E-state index is 10.2. The van der Waals surface area contributed by atoms with Crippen LogP contribution in [0, 0.1) is 0 Å². The van der Waals surface area contributed by atoms with Gasteiger partial charge in [-0.05, 0) is 25.5 Å². The molecule has 1 N–H and O–H groups in total. The lowest BCUT2D eigenvalue weighted by atomic mass is 10.1. The summed E-state index contributed by atoms with van der Waals surface area (Å²) < 4.78 is 10.4. The highest BCUT2D eigenvalue weighted by Gasteiger charge is 2.21. The maximum absolute atomic E-state index is 10.2. The van der Waals surface area contributed by atoms with E-state index in [2.05, 4.69) is 27.2 Å². The van der Waals surface area contributed by atoms with Gasteiger partial charge in [0, 0.05) is 13.1 Å². The van der Waals surface area contributed by atoms with Crippen molar-refractivity contribution < 1.29 is 14.0 Å². The number of aliphatic hydroxyl groups is 1. The zero-order valence-electron chi connectivity index (χ0n) is 13.8. The van der Waals surface area contributed by atoms with Crippen LogP contribution in [0.2, 0.25) is 0 Å². The Morgan fingerprint density at radius 3 is 2.58 bits per heavy atom. The number of furan rings is 1. The van der Waals surface area contributed by atoms with Crippen molar-refractivity contribution in [3.05, 3.63) is 60.4 Å². The Hall–Kier alpha value is -2.44. The van der Waals surface area contributed by atoms with Crippen LogP contribution in [-0.4, -0.2) is 32.3 Å². The summed E-state index contributed by atoms with van der Waals surface area (Å²) in [6, 6.07) is 11.9. The maximum Gasteiger partial charge on any atom is 0.241 e. The molecule has 2 aromatic heterocycles. The van der Waals surface area contributed by atoms with Crippen LogP contribution in [0.1, 0.15) is 25.3 Å². The predicted octanol–water partition coefficient (Wildman–Crippen LogP) is 3.10. The molecule has 0 fully saturated rings. The molecular formula is C18H21N3O3. The van der Waals surface area contributed by atoms with Gasteiger partial charge in [0.2, 0.25) is 11.7 Å². The van der Waals surface area contributed by atoms with Crippen molar-refractivity contribution in [2.45, 2.75) is 32.5 Å². The van der Waals surface area contributed by atoms with Crippen molar-refractivity contribution >= 4 is 0 Å². The molecule has 0 aliphatic carbocycles. The monoisotopic (exact) mass is 327 g/mol. The van der Waals surface area contributed by atoms with Gasteiger partial charge in [0.1, 0.15) is 6.26 Å². The summed E-state index contributed by atoms with van der Waals surface area (Å²) >= 11 is 0. The number of rotatable bonds is 7. The quantitative estimate of drug-likeness (QED) is 0.718. The molecule has 24 heavy (non-hydrogen) atoms. The molecule has 3 aromatic rings. The fourth-order valence-electron chi connectivity index (χ4n) is 2.58. The second kappa shape index (κ2) is 6.98. The summed E-state index contributed by atoms with van der Waals surface area (Å²) in [4.78, 5) is 6.49. The third-order valence-electron chi connectivity index (χ3n) is 3.47. The molecule has 0 saturated heterocycles. The van der Waals surface area contributed by atoms with E-state index >= 15 is 0 Å². The van der Waals surface area contributed by atoms with Gasteiger partial charge < -0.3 is 14.0 Å². The molecule has 2 heterocycles. The van der Waals surface area contributed by atoms with Gasteiger partial charge in [-0.2, -0.15) is 4.98 Å². The van der Waals surface area contributed by atoms with Crippen molar-refractivity contribution in [3.63, 3.8) is 0 Å². The number of nitrogens with zero attached hydrogens (tertiary/aromatic N) is 3. The molecule has 0 saturated carbocycles. The first-order chi connectivity index (χ1) is 11.5. The first-order valence-electron chi connectivity index (χ1n) is 7.83. The fraction of sp³-hybridized carbons (Fsp3) is 0.333. The average Bonchev–Trinajstić information content (AvgIpc) is 3.17. The van der Waals surface area contributed by atoms with Crippen LogP contribution in [0.3, 0.4) is 0 Å². The number of hydrogen-bond donors (Lipinski definition) is 1. The largest absolute Gasteiger partial charge is 0.472 e. The second-order valence-corrected chi connectivity index (χ2v) is 6.47. The molecule has 0 unspecified atom stereocenters. The van der Waals surface area contributed by atoms with Gasteiger partial charge in [-0.3, -0.25) is 4.90 Å². The fourth-order valence-corrected chi connectivity index (χ4v) is 2.58. The summed E-state index contributed by atoms with van der Waals surface area (Å²) in [5, 5.41) is 14.2. The Morgan fingerprint density at radius 1 is 1.12 bits per heavy atom. The van der Waals surface area contributed by atoms with E-state index < -0.39 is 5.60 Å². The minimum atomic E-state index is -0.817. The first-order valence-corrected chi connectivity index (χ1v) is 7.83. The molecule has 6 nitrogen and oxygen atoms in total. The highest BCUT2D eigenvalue weighted by molar-refractivity contribution is 5.51. The van der Waals surface area contributed by atoms with E-state index in [0.29, 0.717) is 31.3 Å². The zero-order valence-corrected chi connectivity index (χ0v) is 13.8. The highest BCUT2D eigenvalue weighted by Crippen LogP contribution is 2.18. The predicted molar refractivity (Wildman–Crippen MR) is 88.9 cm³/mol. The van der Waals surface area contributed by atoms with E-state index in [1.54, 1.807) is 32.4 Å². The standard InChI is InChI=1S/C18H21N3O3/c1-18(2,22)13-21(10-14-6-4-3-5-7-14)11-16-19-17(20-24-16)15-8-9-23-12-15/h3-9,12,22H,10-11,13H2,1-2H3. The van der Waals surface area contributed by atoms with E-state index in [-0.39, 0.29) is 0 Å². The van der Waals surface area contributed by atoms with Crippen LogP contribution >= 0.6 is 0 Å². The van der Waals surface area contributed by atoms with Crippen LogP contribution < -0.4 is 0 Å². The molecule has 0 spiro atoms. The molecule has 0 amide bonds. The summed E-state index contributed by atoms with van der Waals surface area (Å²) in [7, 11) is 0. The highest BCUT2D eigenvalue weighted by atomic mass is 16.5. The van der Waals surface area contributed by atoms with E-state index in [4.69, 9.17) is 8.94 Å². The Balaban J connectivity index is 1.73. The van der Waals surface area contributed by atoms with Crippen molar-refractivity contribution in [3.8, 4) is 11.4 Å². The summed E-state index contributed by atoms with van der Waals surface area (Å²) in [5.41, 5.74) is 1.13. The number of benzene rings is 1. The Morgan fingerprint density at radius 2 is 1.92 bits per heavy atom. The number of hydrogen-bond acceptors (Lipinski definition) is 6. The molecule has 1 aromatic carbocycles. The van der Waals surface area contributed by atoms with E-state index in [1.807, 2.05) is 18.2 Å². The molecular weight excluding hydrogens is 306 g/mol. The van der Waals surface area contributed by atoms with Crippen LogP contribution in [0.15, 0.2) is 57.9 Å². The summed E-state index contributed by atoms with van der Waals surface area (Å²) in [5.74, 6) is 1.01. The van der Waals surface area contributed by atoms with Gasteiger partial charge >= 0.3 is 0 Å². The third-order valence-corrected chi connectivity index (χ3v) is 3.47. The molecule has 0 aliphatic heterocycles. The van der Waals surface area contributed by atoms with Gasteiger partial charge in [0.15, 0.2) is 0 Å². The second-order valence-electron chi connectivity index (χ2n) is 6.47. The van der Waals surface area contributed by atoms with Crippen molar-refractivity contribution in [2.24, 2.45) is 0 Å². The van der Waals surface area contributed by atoms with Gasteiger partial charge in [-0.25, -0.2) is 0 Å². The van der Waals surface area contributed by atoms with Crippen molar-refractivity contribution in [1.29, 1.82) is 0 Å². The summed E-state index contributed by atoms with van der Waals surface area (Å²) in [6.07, 6.45) is 3.15. The van der Waals surface area contributed by atoms with E-state index in [9.17, 15) is 5.11 Å². The van der Waals surface area contributed by atoms with Gasteiger partial charge in [0.25, 0.3) is 0 Å². The third kappa shape index (κ3) is 4.53. The number of aromatic nitrogens is 2. The van der Waals surface area contributed by atoms with Crippen LogP contribution in [-0.2, 0) is 13.1 Å². The minimum Gasteiger partial charge on any atom is -0.472 e. The van der Waals surface area contributed by atoms with E-state index in [1.165, 1.54) is 0 Å². The normalized spacial score (nSPS) is 12.0. The molecule has 0 bridgehead atoms. The first kappa shape index (κ1) is 16.4. The summed E-state index contributed by atoms with van der Waals surface area (Å²) in [6.45, 7) is 5.22. The van der Waals surface area contributed by atoms with Crippen molar-refractivity contribution in [2.75, 3.05) is 6.54 Å². The lowest BCUT2D eigenvalue weighted by Crippen LogP contribution is -2.38. The van der Waals surface area contributed by atoms with Crippen LogP contribution in [0.4, 0.5) is 0 Å². The van der Waals surface area contributed by atoms with Crippen LogP contribution in [0.5, 0.6) is 0 Å². The Bertz CT molecular complexity index is 745. The Labute approximate surface area is 140 Å². The average molecular weight is 327 g/mol. The minimum absolute atomic E-state index is 0.462. The smallest absolute Gasteiger partial charge is 0.241 e. The lowest BCUT2D eigenvalue weighted by Gasteiger charge is -2.27. The molecule has 0 radical (unpaired) electrons. The Kier molecular flexibility index (Phi) is 4.78. The van der Waals surface area contributed by atoms with Gasteiger partial charge in [-0.15, -0.1) is 0 Å². The van der Waals surface area contributed by atoms with E-state index in [0.717, 1.165) is 11.1 Å².